The Bertz CT molecular complexity index is 1330. The smallest absolute Gasteiger partial charge is 0.357 e. The van der Waals surface area contributed by atoms with Gasteiger partial charge in [0.2, 0.25) is 0 Å². The number of carbonyl (C=O) groups excluding carboxylic acids is 1. The maximum atomic E-state index is 12.7. The van der Waals surface area contributed by atoms with Gasteiger partial charge in [-0.3, -0.25) is 4.40 Å². The lowest BCUT2D eigenvalue weighted by atomic mass is 10.2. The van der Waals surface area contributed by atoms with Crippen molar-refractivity contribution in [2.45, 2.75) is 13.5 Å². The van der Waals surface area contributed by atoms with Gasteiger partial charge in [0.1, 0.15) is 11.2 Å². The minimum atomic E-state index is -0.398. The average Bonchev–Trinajstić information content (AvgIpc) is 3.30. The van der Waals surface area contributed by atoms with Gasteiger partial charge < -0.3 is 4.74 Å². The van der Waals surface area contributed by atoms with Gasteiger partial charge in [-0.15, -0.1) is 5.10 Å². The minimum Gasteiger partial charge on any atom is -0.461 e. The Morgan fingerprint density at radius 2 is 1.89 bits per heavy atom. The minimum absolute atomic E-state index is 0.297. The Morgan fingerprint density at radius 1 is 1.07 bits per heavy atom. The van der Waals surface area contributed by atoms with E-state index in [0.29, 0.717) is 24.5 Å². The van der Waals surface area contributed by atoms with E-state index < -0.39 is 5.97 Å². The van der Waals surface area contributed by atoms with Gasteiger partial charge in [0.25, 0.3) is 0 Å². The van der Waals surface area contributed by atoms with Crippen LogP contribution in [0.25, 0.3) is 27.5 Å². The zero-order valence-electron chi connectivity index (χ0n) is 15.2. The van der Waals surface area contributed by atoms with Crippen molar-refractivity contribution in [3.63, 3.8) is 0 Å². The third kappa shape index (κ3) is 2.51. The molecule has 3 aromatic heterocycles. The van der Waals surface area contributed by atoms with Gasteiger partial charge in [-0.25, -0.2) is 14.5 Å². The molecule has 0 unspecified atom stereocenters. The molecule has 0 saturated carbocycles. The maximum absolute atomic E-state index is 12.7. The number of nitrogens with zero attached hydrogens (tertiary/aromatic N) is 5. The van der Waals surface area contributed by atoms with Crippen LogP contribution in [0.15, 0.2) is 60.8 Å². The summed E-state index contributed by atoms with van der Waals surface area (Å²) in [4.78, 5) is 17.5. The molecule has 0 bridgehead atoms. The zero-order chi connectivity index (χ0) is 19.1. The van der Waals surface area contributed by atoms with Crippen LogP contribution in [0.2, 0.25) is 0 Å². The lowest BCUT2D eigenvalue weighted by molar-refractivity contribution is 0.0516. The second-order valence-electron chi connectivity index (χ2n) is 6.46. The molecule has 0 aliphatic heterocycles. The number of imidazole rings is 1. The van der Waals surface area contributed by atoms with Crippen LogP contribution in [0.1, 0.15) is 23.1 Å². The molecule has 0 N–H and O–H groups in total. The predicted molar refractivity (Wildman–Crippen MR) is 105 cm³/mol. The number of aromatic nitrogens is 5. The molecule has 0 aliphatic carbocycles. The Morgan fingerprint density at radius 3 is 2.79 bits per heavy atom. The second-order valence-corrected chi connectivity index (χ2v) is 6.46. The van der Waals surface area contributed by atoms with Gasteiger partial charge in [0.05, 0.1) is 24.4 Å². The molecule has 28 heavy (non-hydrogen) atoms. The van der Waals surface area contributed by atoms with E-state index >= 15 is 0 Å². The number of fused-ring (bicyclic) bond motifs is 4. The van der Waals surface area contributed by atoms with Crippen molar-refractivity contribution in [2.75, 3.05) is 6.61 Å². The van der Waals surface area contributed by atoms with E-state index in [9.17, 15) is 4.79 Å². The third-order valence-electron chi connectivity index (χ3n) is 4.78. The molecule has 0 amide bonds. The van der Waals surface area contributed by atoms with Crippen LogP contribution >= 0.6 is 0 Å². The standard InChI is InChI=1S/C21H17N5O2/c1-2-28-21(27)19-17(13-26-18-10-6-5-9-16(18)23-24-26)22-20-15-8-4-3-7-14(15)11-12-25(19)20/h3-12H,2,13H2,1H3. The van der Waals surface area contributed by atoms with Crippen molar-refractivity contribution in [3.05, 3.63) is 72.2 Å². The second kappa shape index (κ2) is 6.45. The van der Waals surface area contributed by atoms with Crippen molar-refractivity contribution in [2.24, 2.45) is 0 Å². The fourth-order valence-corrected chi connectivity index (χ4v) is 3.52. The Hall–Kier alpha value is -3.74. The van der Waals surface area contributed by atoms with E-state index in [2.05, 4.69) is 10.3 Å². The topological polar surface area (TPSA) is 74.3 Å². The van der Waals surface area contributed by atoms with Gasteiger partial charge in [-0.05, 0) is 30.5 Å². The van der Waals surface area contributed by atoms with Crippen molar-refractivity contribution >= 4 is 33.4 Å². The SMILES string of the molecule is CCOC(=O)c1c(Cn2nnc3ccccc32)nc2c3ccccc3ccn12. The normalized spacial score (nSPS) is 11.5. The molecule has 138 valence electrons. The highest BCUT2D eigenvalue weighted by molar-refractivity contribution is 5.97. The first-order valence-electron chi connectivity index (χ1n) is 9.10. The molecule has 3 heterocycles. The number of pyridine rings is 1. The molecule has 0 saturated heterocycles. The van der Waals surface area contributed by atoms with Crippen LogP contribution in [0.4, 0.5) is 0 Å². The average molecular weight is 371 g/mol. The molecule has 0 aliphatic rings. The number of esters is 1. The van der Waals surface area contributed by atoms with Crippen LogP contribution in [0.3, 0.4) is 0 Å². The monoisotopic (exact) mass is 371 g/mol. The summed E-state index contributed by atoms with van der Waals surface area (Å²) in [6.07, 6.45) is 1.86. The van der Waals surface area contributed by atoms with Crippen molar-refractivity contribution in [3.8, 4) is 0 Å². The number of rotatable bonds is 4. The quantitative estimate of drug-likeness (QED) is 0.452. The number of hydrogen-bond acceptors (Lipinski definition) is 5. The highest BCUT2D eigenvalue weighted by atomic mass is 16.5. The van der Waals surface area contributed by atoms with Crippen LogP contribution < -0.4 is 0 Å². The summed E-state index contributed by atoms with van der Waals surface area (Å²) in [6.45, 7) is 2.41. The van der Waals surface area contributed by atoms with Crippen LogP contribution in [-0.2, 0) is 11.3 Å². The Labute approximate surface area is 160 Å². The first-order valence-corrected chi connectivity index (χ1v) is 9.10. The van der Waals surface area contributed by atoms with E-state index in [4.69, 9.17) is 9.72 Å². The fraction of sp³-hybridized carbons (Fsp3) is 0.143. The summed E-state index contributed by atoms with van der Waals surface area (Å²) >= 11 is 0. The van der Waals surface area contributed by atoms with Crippen LogP contribution in [0, 0.1) is 0 Å². The predicted octanol–water partition coefficient (Wildman–Crippen LogP) is 3.46. The van der Waals surface area contributed by atoms with E-state index in [0.717, 1.165) is 27.5 Å². The highest BCUT2D eigenvalue weighted by Gasteiger charge is 2.22. The summed E-state index contributed by atoms with van der Waals surface area (Å²) in [7, 11) is 0. The van der Waals surface area contributed by atoms with Crippen molar-refractivity contribution < 1.29 is 9.53 Å². The van der Waals surface area contributed by atoms with E-state index in [1.165, 1.54) is 0 Å². The van der Waals surface area contributed by atoms with Gasteiger partial charge in [0, 0.05) is 11.6 Å². The lowest BCUT2D eigenvalue weighted by Gasteiger charge is -2.06. The Kier molecular flexibility index (Phi) is 3.79. The first kappa shape index (κ1) is 16.4. The van der Waals surface area contributed by atoms with Gasteiger partial charge >= 0.3 is 5.97 Å². The highest BCUT2D eigenvalue weighted by Crippen LogP contribution is 2.24. The van der Waals surface area contributed by atoms with E-state index in [1.54, 1.807) is 16.0 Å². The Balaban J connectivity index is 1.73. The van der Waals surface area contributed by atoms with E-state index in [1.807, 2.05) is 60.8 Å². The molecular formula is C21H17N5O2. The molecule has 0 spiro atoms. The molecule has 2 aromatic carbocycles. The summed E-state index contributed by atoms with van der Waals surface area (Å²) in [5.41, 5.74) is 3.43. The van der Waals surface area contributed by atoms with Crippen LogP contribution in [0.5, 0.6) is 0 Å². The summed E-state index contributed by atoms with van der Waals surface area (Å²) in [5.74, 6) is -0.398. The van der Waals surface area contributed by atoms with Crippen molar-refractivity contribution in [1.82, 2.24) is 24.4 Å². The first-order chi connectivity index (χ1) is 13.8. The molecule has 0 radical (unpaired) electrons. The van der Waals surface area contributed by atoms with Crippen molar-refractivity contribution in [1.29, 1.82) is 0 Å². The summed E-state index contributed by atoms with van der Waals surface area (Å²) in [5, 5.41) is 10.5. The number of ether oxygens (including phenoxy) is 1. The summed E-state index contributed by atoms with van der Waals surface area (Å²) < 4.78 is 8.86. The number of carbonyl (C=O) groups is 1. The molecule has 5 aromatic rings. The molecule has 7 nitrogen and oxygen atoms in total. The molecular weight excluding hydrogens is 354 g/mol. The van der Waals surface area contributed by atoms with Gasteiger partial charge in [-0.2, -0.15) is 0 Å². The number of para-hydroxylation sites is 1. The molecule has 0 fully saturated rings. The largest absolute Gasteiger partial charge is 0.461 e. The van der Waals surface area contributed by atoms with Gasteiger partial charge in [0.15, 0.2) is 5.69 Å². The molecule has 0 atom stereocenters. The number of benzene rings is 2. The fourth-order valence-electron chi connectivity index (χ4n) is 3.52. The van der Waals surface area contributed by atoms with E-state index in [-0.39, 0.29) is 0 Å². The van der Waals surface area contributed by atoms with Gasteiger partial charge in [-0.1, -0.05) is 41.6 Å². The molecule has 7 heteroatoms. The van der Waals surface area contributed by atoms with Crippen LogP contribution in [-0.4, -0.2) is 37.0 Å². The number of hydrogen-bond donors (Lipinski definition) is 0. The molecule has 5 rings (SSSR count). The summed E-state index contributed by atoms with van der Waals surface area (Å²) in [6, 6.07) is 17.7. The maximum Gasteiger partial charge on any atom is 0.357 e. The zero-order valence-corrected chi connectivity index (χ0v) is 15.2. The third-order valence-corrected chi connectivity index (χ3v) is 4.78. The lowest BCUT2D eigenvalue weighted by Crippen LogP contribution is -2.13.